The number of carboxylic acid groups (broad SMARTS) is 1. The minimum Gasteiger partial charge on any atom is -0.481 e. The second-order valence-corrected chi connectivity index (χ2v) is 3.78. The zero-order valence-electron chi connectivity index (χ0n) is 10.7. The summed E-state index contributed by atoms with van der Waals surface area (Å²) in [7, 11) is 0. The van der Waals surface area contributed by atoms with Crippen molar-refractivity contribution in [3.63, 3.8) is 0 Å². The van der Waals surface area contributed by atoms with Gasteiger partial charge in [0.25, 0.3) is 5.91 Å². The summed E-state index contributed by atoms with van der Waals surface area (Å²) in [6.07, 6.45) is 3.12. The quantitative estimate of drug-likeness (QED) is 0.386. The van der Waals surface area contributed by atoms with E-state index in [1.54, 1.807) is 30.5 Å². The molecule has 1 amide bonds. The van der Waals surface area contributed by atoms with Crippen LogP contribution in [-0.4, -0.2) is 28.5 Å². The van der Waals surface area contributed by atoms with Crippen molar-refractivity contribution >= 4 is 17.7 Å². The van der Waals surface area contributed by atoms with E-state index < -0.39 is 11.9 Å². The van der Waals surface area contributed by atoms with E-state index in [0.717, 1.165) is 0 Å². The lowest BCUT2D eigenvalue weighted by molar-refractivity contribution is -0.137. The van der Waals surface area contributed by atoms with Crippen molar-refractivity contribution in [1.82, 2.24) is 10.3 Å². The molecule has 1 rings (SSSR count). The summed E-state index contributed by atoms with van der Waals surface area (Å²) in [5, 5.41) is 22.5. The van der Waals surface area contributed by atoms with Gasteiger partial charge in [-0.2, -0.15) is 5.26 Å². The maximum atomic E-state index is 11.6. The van der Waals surface area contributed by atoms with E-state index in [2.05, 4.69) is 15.6 Å². The van der Waals surface area contributed by atoms with Crippen LogP contribution in [-0.2, 0) is 9.59 Å². The number of carbonyl (C=O) groups is 2. The van der Waals surface area contributed by atoms with Gasteiger partial charge in [-0.05, 0) is 18.6 Å². The van der Waals surface area contributed by atoms with Crippen LogP contribution >= 0.6 is 0 Å². The highest BCUT2D eigenvalue weighted by atomic mass is 16.4. The minimum atomic E-state index is -0.924. The fourth-order valence-electron chi connectivity index (χ4n) is 1.28. The number of aromatic nitrogens is 1. The molecule has 0 aliphatic heterocycles. The van der Waals surface area contributed by atoms with Crippen LogP contribution in [0.1, 0.15) is 12.8 Å². The predicted molar refractivity (Wildman–Crippen MR) is 71.4 cm³/mol. The SMILES string of the molecule is N#C/C(=C/Nc1ccccn1)C(=O)NCCCC(=O)O. The first-order valence-corrected chi connectivity index (χ1v) is 5.91. The molecule has 0 atom stereocenters. The van der Waals surface area contributed by atoms with Gasteiger partial charge in [-0.1, -0.05) is 6.07 Å². The number of nitrogens with zero attached hydrogens (tertiary/aromatic N) is 2. The van der Waals surface area contributed by atoms with Gasteiger partial charge in [-0.3, -0.25) is 9.59 Å². The molecule has 7 nitrogen and oxygen atoms in total. The highest BCUT2D eigenvalue weighted by Gasteiger charge is 2.08. The Bertz CT molecular complexity index is 534. The number of rotatable bonds is 7. The predicted octanol–water partition coefficient (Wildman–Crippen LogP) is 0.882. The summed E-state index contributed by atoms with van der Waals surface area (Å²) in [6.45, 7) is 0.202. The van der Waals surface area contributed by atoms with Crippen molar-refractivity contribution < 1.29 is 14.7 Å². The molecule has 0 bridgehead atoms. The van der Waals surface area contributed by atoms with E-state index in [1.165, 1.54) is 6.20 Å². The second kappa shape index (κ2) is 8.26. The van der Waals surface area contributed by atoms with Crippen LogP contribution in [0.4, 0.5) is 5.82 Å². The molecule has 104 valence electrons. The molecule has 0 unspecified atom stereocenters. The Morgan fingerprint density at radius 1 is 1.45 bits per heavy atom. The third kappa shape index (κ3) is 5.64. The van der Waals surface area contributed by atoms with E-state index in [-0.39, 0.29) is 18.5 Å². The van der Waals surface area contributed by atoms with Crippen molar-refractivity contribution in [3.05, 3.63) is 36.2 Å². The monoisotopic (exact) mass is 274 g/mol. The van der Waals surface area contributed by atoms with Crippen molar-refractivity contribution in [2.45, 2.75) is 12.8 Å². The minimum absolute atomic E-state index is 0.0297. The Kier molecular flexibility index (Phi) is 6.27. The first kappa shape index (κ1) is 15.2. The average molecular weight is 274 g/mol. The maximum absolute atomic E-state index is 11.6. The van der Waals surface area contributed by atoms with Gasteiger partial charge in [0.1, 0.15) is 17.5 Å². The Hall–Kier alpha value is -2.88. The summed E-state index contributed by atoms with van der Waals surface area (Å²) < 4.78 is 0. The van der Waals surface area contributed by atoms with Crippen molar-refractivity contribution in [2.75, 3.05) is 11.9 Å². The van der Waals surface area contributed by atoms with Gasteiger partial charge in [-0.15, -0.1) is 0 Å². The van der Waals surface area contributed by atoms with E-state index in [9.17, 15) is 9.59 Å². The smallest absolute Gasteiger partial charge is 0.303 e. The number of carbonyl (C=O) groups excluding carboxylic acids is 1. The van der Waals surface area contributed by atoms with Crippen molar-refractivity contribution in [2.24, 2.45) is 0 Å². The topological polar surface area (TPSA) is 115 Å². The molecule has 7 heteroatoms. The van der Waals surface area contributed by atoms with Gasteiger partial charge in [0.05, 0.1) is 0 Å². The number of nitrogens with one attached hydrogen (secondary N) is 2. The highest BCUT2D eigenvalue weighted by molar-refractivity contribution is 5.97. The number of hydrogen-bond donors (Lipinski definition) is 3. The van der Waals surface area contributed by atoms with E-state index in [0.29, 0.717) is 12.2 Å². The molecule has 20 heavy (non-hydrogen) atoms. The molecule has 1 aromatic rings. The van der Waals surface area contributed by atoms with E-state index in [1.807, 2.05) is 0 Å². The van der Waals surface area contributed by atoms with Gasteiger partial charge in [-0.25, -0.2) is 4.98 Å². The summed E-state index contributed by atoms with van der Waals surface area (Å²) in [4.78, 5) is 25.9. The normalized spacial score (nSPS) is 10.4. The van der Waals surface area contributed by atoms with Gasteiger partial charge in [0, 0.05) is 25.4 Å². The van der Waals surface area contributed by atoms with Crippen LogP contribution in [0, 0.1) is 11.3 Å². The molecule has 1 aromatic heterocycles. The average Bonchev–Trinajstić information content (AvgIpc) is 2.45. The maximum Gasteiger partial charge on any atom is 0.303 e. The first-order valence-electron chi connectivity index (χ1n) is 5.91. The zero-order chi connectivity index (χ0) is 14.8. The van der Waals surface area contributed by atoms with Crippen molar-refractivity contribution in [3.8, 4) is 6.07 Å². The zero-order valence-corrected chi connectivity index (χ0v) is 10.7. The molecule has 0 aliphatic carbocycles. The molecule has 1 heterocycles. The largest absolute Gasteiger partial charge is 0.481 e. The Balaban J connectivity index is 2.47. The summed E-state index contributed by atoms with van der Waals surface area (Å²) in [5.74, 6) is -0.965. The Morgan fingerprint density at radius 2 is 2.25 bits per heavy atom. The van der Waals surface area contributed by atoms with Gasteiger partial charge < -0.3 is 15.7 Å². The van der Waals surface area contributed by atoms with Gasteiger partial charge in [0.2, 0.25) is 0 Å². The van der Waals surface area contributed by atoms with Crippen molar-refractivity contribution in [1.29, 1.82) is 5.26 Å². The van der Waals surface area contributed by atoms with E-state index >= 15 is 0 Å². The fourth-order valence-corrected chi connectivity index (χ4v) is 1.28. The van der Waals surface area contributed by atoms with Crippen LogP contribution < -0.4 is 10.6 Å². The number of amides is 1. The summed E-state index contributed by atoms with van der Waals surface area (Å²) in [5.41, 5.74) is -0.106. The van der Waals surface area contributed by atoms with E-state index in [4.69, 9.17) is 10.4 Å². The molecule has 0 saturated carbocycles. The second-order valence-electron chi connectivity index (χ2n) is 3.78. The third-order valence-electron chi connectivity index (χ3n) is 2.25. The van der Waals surface area contributed by atoms with Crippen LogP contribution in [0.2, 0.25) is 0 Å². The summed E-state index contributed by atoms with van der Waals surface area (Å²) >= 11 is 0. The lowest BCUT2D eigenvalue weighted by Crippen LogP contribution is -2.26. The standard InChI is InChI=1S/C13H14N4O3/c14-8-10(9-17-11-4-1-2-6-15-11)13(20)16-7-3-5-12(18)19/h1-2,4,6,9H,3,5,7H2,(H,15,17)(H,16,20)(H,18,19)/b10-9-. The number of hydrogen-bond acceptors (Lipinski definition) is 5. The number of carboxylic acids is 1. The lowest BCUT2D eigenvalue weighted by atomic mass is 10.2. The highest BCUT2D eigenvalue weighted by Crippen LogP contribution is 2.01. The molecule has 3 N–H and O–H groups in total. The molecule has 0 radical (unpaired) electrons. The number of anilines is 1. The summed E-state index contributed by atoms with van der Waals surface area (Å²) in [6, 6.07) is 6.97. The Morgan fingerprint density at radius 3 is 2.85 bits per heavy atom. The van der Waals surface area contributed by atoms with Crippen LogP contribution in [0.3, 0.4) is 0 Å². The lowest BCUT2D eigenvalue weighted by Gasteiger charge is -2.03. The van der Waals surface area contributed by atoms with Gasteiger partial charge >= 0.3 is 5.97 Å². The first-order chi connectivity index (χ1) is 9.63. The number of nitriles is 1. The van der Waals surface area contributed by atoms with Crippen LogP contribution in [0.5, 0.6) is 0 Å². The molecular weight excluding hydrogens is 260 g/mol. The Labute approximate surface area is 115 Å². The molecule has 0 aliphatic rings. The third-order valence-corrected chi connectivity index (χ3v) is 2.25. The van der Waals surface area contributed by atoms with Crippen LogP contribution in [0.15, 0.2) is 36.2 Å². The number of aliphatic carboxylic acids is 1. The molecular formula is C13H14N4O3. The molecule has 0 spiro atoms. The molecule has 0 fully saturated rings. The van der Waals surface area contributed by atoms with Crippen LogP contribution in [0.25, 0.3) is 0 Å². The number of pyridine rings is 1. The molecule has 0 aromatic carbocycles. The van der Waals surface area contributed by atoms with Gasteiger partial charge in [0.15, 0.2) is 0 Å². The molecule has 0 saturated heterocycles. The fraction of sp³-hybridized carbons (Fsp3) is 0.231.